The molecule has 2 heterocycles. The van der Waals surface area contributed by atoms with Gasteiger partial charge in [0.05, 0.1) is 42.2 Å². The molecule has 1 aromatic carbocycles. The van der Waals surface area contributed by atoms with Gasteiger partial charge in [0.1, 0.15) is 17.3 Å². The number of rotatable bonds is 9. The highest BCUT2D eigenvalue weighted by atomic mass is 16.6. The van der Waals surface area contributed by atoms with E-state index in [9.17, 15) is 29.4 Å². The molecule has 5 aliphatic carbocycles. The largest absolute Gasteiger partial charge is 0.462 e. The van der Waals surface area contributed by atoms with Crippen LogP contribution in [0.1, 0.15) is 63.2 Å². The summed E-state index contributed by atoms with van der Waals surface area (Å²) in [5.41, 5.74) is -4.72. The molecule has 5 saturated carbocycles. The highest BCUT2D eigenvalue weighted by molar-refractivity contribution is 6.22. The first kappa shape index (κ1) is 35.1. The number of amides is 2. The van der Waals surface area contributed by atoms with Gasteiger partial charge in [-0.3, -0.25) is 19.3 Å². The number of imide groups is 1. The van der Waals surface area contributed by atoms with E-state index in [1.54, 1.807) is 52.5 Å². The van der Waals surface area contributed by atoms with E-state index in [2.05, 4.69) is 4.90 Å². The molecule has 8 rings (SSSR count). The third-order valence-corrected chi connectivity index (χ3v) is 14.6. The molecule has 51 heavy (non-hydrogen) atoms. The maximum Gasteiger partial charge on any atom is 0.340 e. The first-order chi connectivity index (χ1) is 24.3. The van der Waals surface area contributed by atoms with Gasteiger partial charge in [-0.05, 0) is 43.9 Å². The van der Waals surface area contributed by atoms with Gasteiger partial charge in [0.15, 0.2) is 0 Å². The molecule has 1 spiro atoms. The molecular formula is C38H50N2O11. The Morgan fingerprint density at radius 1 is 1.06 bits per heavy atom. The molecule has 278 valence electrons. The summed E-state index contributed by atoms with van der Waals surface area (Å²) in [5, 5.41) is 26.7. The van der Waals surface area contributed by atoms with E-state index in [1.807, 2.05) is 6.92 Å². The molecule has 2 N–H and O–H groups in total. The maximum atomic E-state index is 14.1. The molecular weight excluding hydrogens is 660 g/mol. The summed E-state index contributed by atoms with van der Waals surface area (Å²) in [4.78, 5) is 55.9. The lowest BCUT2D eigenvalue weighted by atomic mass is 9.42. The number of para-hydroxylation sites is 1. The Balaban J connectivity index is 1.24. The first-order valence-corrected chi connectivity index (χ1v) is 18.4. The van der Waals surface area contributed by atoms with Crippen molar-refractivity contribution in [2.24, 2.45) is 40.4 Å². The standard InChI is InChI=1S/C38H50N2O11/c1-7-39-17-35(18-50-33(44)21-10-8-9-11-24(21)40-27(42)14-19(2)32(40)43)13-12-26(48-5)37-23-15-22-25(47-4)16-36(45,28(23)29(22)51-20(3)41)38(46,34(37)39)31(49-6)30(35)37/h8-11,19,22-23,25-26,28-31,34,45-46H,7,12-18H2,1-6H3/t19-,22+,23?,25-,26-,28?,29-,30?,31-,34?,35-,36+,37-,38-/m0/s1. The van der Waals surface area contributed by atoms with Crippen LogP contribution in [-0.2, 0) is 38.1 Å². The van der Waals surface area contributed by atoms with Crippen LogP contribution in [0.4, 0.5) is 5.69 Å². The van der Waals surface area contributed by atoms with Crippen molar-refractivity contribution in [3.05, 3.63) is 29.8 Å². The molecule has 2 saturated heterocycles. The zero-order valence-electron chi connectivity index (χ0n) is 30.2. The van der Waals surface area contributed by atoms with Gasteiger partial charge in [-0.1, -0.05) is 26.0 Å². The molecule has 14 atom stereocenters. The molecule has 2 aliphatic heterocycles. The fraction of sp³-hybridized carbons (Fsp3) is 0.737. The van der Waals surface area contributed by atoms with Gasteiger partial charge >= 0.3 is 11.9 Å². The van der Waals surface area contributed by atoms with E-state index >= 15 is 0 Å². The molecule has 7 bridgehead atoms. The Morgan fingerprint density at radius 3 is 2.43 bits per heavy atom. The van der Waals surface area contributed by atoms with E-state index in [4.69, 9.17) is 23.7 Å². The smallest absolute Gasteiger partial charge is 0.340 e. The van der Waals surface area contributed by atoms with Gasteiger partial charge in [-0.2, -0.15) is 0 Å². The number of piperidine rings is 1. The SMILES string of the molecule is CCN1C[C@]2(COC(=O)c3ccccc3N3C(=O)C[C@H](C)C3=O)CC[C@H](OC)[C@]34C5C[C@@H]6[C@@H](OC)C[C@@](O)(C5[C@H]6OC(C)=O)[C@@](O)(C13)[C@@H](OC)C24. The predicted octanol–water partition coefficient (Wildman–Crippen LogP) is 1.95. The minimum Gasteiger partial charge on any atom is -0.462 e. The molecule has 4 unspecified atom stereocenters. The number of carbonyl (C=O) groups excluding carboxylic acids is 4. The Kier molecular flexibility index (Phi) is 8.11. The summed E-state index contributed by atoms with van der Waals surface area (Å²) in [6.45, 7) is 6.10. The Hall–Kier alpha value is -2.94. The molecule has 13 heteroatoms. The first-order valence-electron chi connectivity index (χ1n) is 18.4. The van der Waals surface area contributed by atoms with Crippen LogP contribution in [0, 0.1) is 40.4 Å². The van der Waals surface area contributed by atoms with Gasteiger partial charge in [0.25, 0.3) is 0 Å². The zero-order chi connectivity index (χ0) is 36.4. The van der Waals surface area contributed by atoms with Crippen molar-refractivity contribution in [1.29, 1.82) is 0 Å². The van der Waals surface area contributed by atoms with E-state index in [0.29, 0.717) is 32.4 Å². The number of aliphatic hydroxyl groups is 2. The summed E-state index contributed by atoms with van der Waals surface area (Å²) in [6.07, 6.45) is -0.303. The monoisotopic (exact) mass is 710 g/mol. The van der Waals surface area contributed by atoms with Gasteiger partial charge in [-0.25, -0.2) is 9.69 Å². The number of benzene rings is 1. The van der Waals surface area contributed by atoms with Crippen molar-refractivity contribution >= 4 is 29.4 Å². The third-order valence-electron chi connectivity index (χ3n) is 14.6. The lowest BCUT2D eigenvalue weighted by Gasteiger charge is -2.70. The molecule has 13 nitrogen and oxygen atoms in total. The normalized spacial score (nSPS) is 46.4. The number of likely N-dealkylation sites (N-methyl/N-ethyl adjacent to an activating group) is 1. The molecule has 7 aliphatic rings. The van der Waals surface area contributed by atoms with Crippen LogP contribution in [0.2, 0.25) is 0 Å². The summed E-state index contributed by atoms with van der Waals surface area (Å²) >= 11 is 0. The average Bonchev–Trinajstić information content (AvgIpc) is 3.61. The zero-order valence-corrected chi connectivity index (χ0v) is 30.2. The fourth-order valence-electron chi connectivity index (χ4n) is 13.2. The molecule has 1 aromatic rings. The number of methoxy groups -OCH3 is 3. The van der Waals surface area contributed by atoms with Crippen molar-refractivity contribution in [3.8, 4) is 0 Å². The lowest BCUT2D eigenvalue weighted by molar-refractivity contribution is -0.319. The van der Waals surface area contributed by atoms with Crippen LogP contribution in [0.15, 0.2) is 24.3 Å². The number of carbonyl (C=O) groups is 4. The second-order valence-corrected chi connectivity index (χ2v) is 16.3. The van der Waals surface area contributed by atoms with Crippen molar-refractivity contribution in [2.75, 3.05) is 45.9 Å². The van der Waals surface area contributed by atoms with Gasteiger partial charge in [0, 0.05) is 82.1 Å². The number of esters is 2. The quantitative estimate of drug-likeness (QED) is 0.284. The molecule has 7 fully saturated rings. The molecule has 0 radical (unpaired) electrons. The predicted molar refractivity (Wildman–Crippen MR) is 179 cm³/mol. The highest BCUT2D eigenvalue weighted by Gasteiger charge is 2.92. The highest BCUT2D eigenvalue weighted by Crippen LogP contribution is 2.80. The number of hydrogen-bond donors (Lipinski definition) is 2. The second kappa shape index (κ2) is 11.8. The van der Waals surface area contributed by atoms with Gasteiger partial charge < -0.3 is 33.9 Å². The Labute approximate surface area is 297 Å². The fourth-order valence-corrected chi connectivity index (χ4v) is 13.2. The van der Waals surface area contributed by atoms with Crippen LogP contribution in [-0.4, -0.2) is 122 Å². The Morgan fingerprint density at radius 2 is 1.80 bits per heavy atom. The van der Waals surface area contributed by atoms with E-state index in [0.717, 1.165) is 4.90 Å². The van der Waals surface area contributed by atoms with Crippen LogP contribution < -0.4 is 4.90 Å². The number of likely N-dealkylation sites (tertiary alicyclic amines) is 1. The van der Waals surface area contributed by atoms with Crippen molar-refractivity contribution in [1.82, 2.24) is 4.90 Å². The van der Waals surface area contributed by atoms with Crippen molar-refractivity contribution in [3.63, 3.8) is 0 Å². The molecule has 2 amide bonds. The van der Waals surface area contributed by atoms with Crippen molar-refractivity contribution < 1.29 is 53.1 Å². The number of nitrogens with zero attached hydrogens (tertiary/aromatic N) is 2. The maximum absolute atomic E-state index is 14.1. The Bertz CT molecular complexity index is 1650. The van der Waals surface area contributed by atoms with E-state index in [1.165, 1.54) is 6.92 Å². The third kappa shape index (κ3) is 4.19. The van der Waals surface area contributed by atoms with Crippen LogP contribution in [0.25, 0.3) is 0 Å². The van der Waals surface area contributed by atoms with E-state index < -0.39 is 76.1 Å². The van der Waals surface area contributed by atoms with E-state index in [-0.39, 0.29) is 60.5 Å². The van der Waals surface area contributed by atoms with Gasteiger partial charge in [-0.15, -0.1) is 0 Å². The minimum absolute atomic E-state index is 0.0201. The van der Waals surface area contributed by atoms with Crippen LogP contribution >= 0.6 is 0 Å². The summed E-state index contributed by atoms with van der Waals surface area (Å²) in [5.74, 6) is -3.74. The second-order valence-electron chi connectivity index (χ2n) is 16.3. The lowest BCUT2D eigenvalue weighted by Crippen LogP contribution is -2.82. The number of hydrogen-bond acceptors (Lipinski definition) is 12. The van der Waals surface area contributed by atoms with Crippen LogP contribution in [0.5, 0.6) is 0 Å². The molecule has 0 aromatic heterocycles. The van der Waals surface area contributed by atoms with Gasteiger partial charge in [0.2, 0.25) is 11.8 Å². The van der Waals surface area contributed by atoms with Crippen LogP contribution in [0.3, 0.4) is 0 Å². The number of fused-ring (bicyclic) bond motifs is 2. The minimum atomic E-state index is -1.82. The number of anilines is 1. The summed E-state index contributed by atoms with van der Waals surface area (Å²) in [7, 11) is 4.85. The number of ether oxygens (including phenoxy) is 5. The topological polar surface area (TPSA) is 161 Å². The summed E-state index contributed by atoms with van der Waals surface area (Å²) in [6, 6.07) is 5.95. The summed E-state index contributed by atoms with van der Waals surface area (Å²) < 4.78 is 31.1. The average molecular weight is 711 g/mol. The van der Waals surface area contributed by atoms with Crippen molar-refractivity contribution in [2.45, 2.75) is 94.5 Å².